The van der Waals surface area contributed by atoms with E-state index in [4.69, 9.17) is 11.6 Å². The summed E-state index contributed by atoms with van der Waals surface area (Å²) in [5.74, 6) is -2.75. The number of imide groups is 1. The molecule has 1 aliphatic heterocycles. The standard InChI is InChI=1S/C16H8ClF2NO2/c17-14-13(9-5-7-10(18)8-6-9)15(21)20(16(14)22)12-4-2-1-3-11(12)19/h1-8H. The van der Waals surface area contributed by atoms with Crippen LogP contribution in [-0.2, 0) is 9.59 Å². The first-order valence-corrected chi connectivity index (χ1v) is 6.67. The quantitative estimate of drug-likeness (QED) is 0.795. The number of rotatable bonds is 2. The van der Waals surface area contributed by atoms with Gasteiger partial charge >= 0.3 is 0 Å². The number of hydrogen-bond donors (Lipinski definition) is 0. The van der Waals surface area contributed by atoms with Gasteiger partial charge in [-0.05, 0) is 29.8 Å². The van der Waals surface area contributed by atoms with E-state index in [0.717, 1.165) is 18.2 Å². The second kappa shape index (κ2) is 5.35. The van der Waals surface area contributed by atoms with Gasteiger partial charge in [-0.15, -0.1) is 0 Å². The van der Waals surface area contributed by atoms with Gasteiger partial charge in [0.15, 0.2) is 0 Å². The summed E-state index contributed by atoms with van der Waals surface area (Å²) in [5, 5.41) is -0.320. The molecule has 2 amide bonds. The van der Waals surface area contributed by atoms with Crippen LogP contribution in [0.2, 0.25) is 0 Å². The molecule has 22 heavy (non-hydrogen) atoms. The van der Waals surface area contributed by atoms with Crippen LogP contribution in [0.4, 0.5) is 14.5 Å². The van der Waals surface area contributed by atoms with Gasteiger partial charge in [0.1, 0.15) is 16.7 Å². The average Bonchev–Trinajstić information content (AvgIpc) is 2.72. The van der Waals surface area contributed by atoms with Gasteiger partial charge in [-0.1, -0.05) is 35.9 Å². The Bertz CT molecular complexity index is 815. The van der Waals surface area contributed by atoms with Crippen molar-refractivity contribution in [3.8, 4) is 0 Å². The maximum Gasteiger partial charge on any atom is 0.277 e. The van der Waals surface area contributed by atoms with Crippen molar-refractivity contribution in [2.24, 2.45) is 0 Å². The predicted octanol–water partition coefficient (Wildman–Crippen LogP) is 3.49. The first-order chi connectivity index (χ1) is 10.5. The van der Waals surface area contributed by atoms with Crippen LogP contribution in [-0.4, -0.2) is 11.8 Å². The highest BCUT2D eigenvalue weighted by Gasteiger charge is 2.40. The van der Waals surface area contributed by atoms with E-state index in [0.29, 0.717) is 10.5 Å². The fraction of sp³-hybridized carbons (Fsp3) is 0. The summed E-state index contributed by atoms with van der Waals surface area (Å²) in [6.07, 6.45) is 0. The van der Waals surface area contributed by atoms with Crippen molar-refractivity contribution >= 4 is 34.7 Å². The summed E-state index contributed by atoms with van der Waals surface area (Å²) in [6.45, 7) is 0. The Labute approximate surface area is 129 Å². The molecule has 110 valence electrons. The lowest BCUT2D eigenvalue weighted by atomic mass is 10.1. The first kappa shape index (κ1) is 14.4. The molecule has 0 spiro atoms. The van der Waals surface area contributed by atoms with E-state index in [-0.39, 0.29) is 16.3 Å². The summed E-state index contributed by atoms with van der Waals surface area (Å²) in [5.41, 5.74) is 0.0475. The molecule has 1 aliphatic rings. The van der Waals surface area contributed by atoms with E-state index >= 15 is 0 Å². The molecule has 0 unspecified atom stereocenters. The Morgan fingerprint density at radius 2 is 1.50 bits per heavy atom. The summed E-state index contributed by atoms with van der Waals surface area (Å²) < 4.78 is 26.8. The van der Waals surface area contributed by atoms with Gasteiger partial charge in [-0.3, -0.25) is 9.59 Å². The first-order valence-electron chi connectivity index (χ1n) is 6.29. The fourth-order valence-electron chi connectivity index (χ4n) is 2.22. The smallest absolute Gasteiger partial charge is 0.268 e. The lowest BCUT2D eigenvalue weighted by Crippen LogP contribution is -2.31. The minimum Gasteiger partial charge on any atom is -0.268 e. The monoisotopic (exact) mass is 319 g/mol. The minimum atomic E-state index is -0.809. The summed E-state index contributed by atoms with van der Waals surface area (Å²) in [6, 6.07) is 10.4. The second-order valence-corrected chi connectivity index (χ2v) is 4.97. The van der Waals surface area contributed by atoms with Crippen molar-refractivity contribution in [1.82, 2.24) is 0 Å². The largest absolute Gasteiger partial charge is 0.277 e. The topological polar surface area (TPSA) is 37.4 Å². The van der Waals surface area contributed by atoms with Crippen molar-refractivity contribution in [3.63, 3.8) is 0 Å². The molecule has 3 rings (SSSR count). The number of carbonyl (C=O) groups excluding carboxylic acids is 2. The zero-order valence-electron chi connectivity index (χ0n) is 11.0. The van der Waals surface area contributed by atoms with Crippen molar-refractivity contribution in [3.05, 3.63) is 70.8 Å². The fourth-order valence-corrected chi connectivity index (χ4v) is 2.50. The Morgan fingerprint density at radius 1 is 0.864 bits per heavy atom. The molecule has 0 bridgehead atoms. The number of halogens is 3. The molecular weight excluding hydrogens is 312 g/mol. The number of benzene rings is 2. The normalized spacial score (nSPS) is 15.0. The number of nitrogens with zero attached hydrogens (tertiary/aromatic N) is 1. The van der Waals surface area contributed by atoms with Crippen LogP contribution >= 0.6 is 11.6 Å². The Morgan fingerprint density at radius 3 is 2.14 bits per heavy atom. The van der Waals surface area contributed by atoms with Gasteiger partial charge in [0.2, 0.25) is 0 Å². The number of amides is 2. The number of carbonyl (C=O) groups is 2. The molecule has 0 radical (unpaired) electrons. The molecule has 0 fully saturated rings. The van der Waals surface area contributed by atoms with E-state index in [9.17, 15) is 18.4 Å². The van der Waals surface area contributed by atoms with Crippen LogP contribution in [0.15, 0.2) is 53.6 Å². The van der Waals surface area contributed by atoms with E-state index in [2.05, 4.69) is 0 Å². The third-order valence-corrected chi connectivity index (χ3v) is 3.60. The van der Waals surface area contributed by atoms with Gasteiger partial charge in [0.25, 0.3) is 11.8 Å². The van der Waals surface area contributed by atoms with E-state index < -0.39 is 23.4 Å². The highest BCUT2D eigenvalue weighted by atomic mass is 35.5. The lowest BCUT2D eigenvalue weighted by molar-refractivity contribution is -0.119. The molecule has 0 saturated heterocycles. The lowest BCUT2D eigenvalue weighted by Gasteiger charge is -2.15. The summed E-state index contributed by atoms with van der Waals surface area (Å²) >= 11 is 5.95. The molecule has 3 nitrogen and oxygen atoms in total. The van der Waals surface area contributed by atoms with Gasteiger partial charge in [-0.2, -0.15) is 0 Å². The SMILES string of the molecule is O=C1C(Cl)=C(c2ccc(F)cc2)C(=O)N1c1ccccc1F. The maximum atomic E-state index is 13.8. The van der Waals surface area contributed by atoms with Crippen molar-refractivity contribution in [1.29, 1.82) is 0 Å². The van der Waals surface area contributed by atoms with Gasteiger partial charge < -0.3 is 0 Å². The zero-order chi connectivity index (χ0) is 15.9. The van der Waals surface area contributed by atoms with Crippen LogP contribution < -0.4 is 4.90 Å². The molecule has 0 saturated carbocycles. The van der Waals surface area contributed by atoms with E-state index in [1.54, 1.807) is 0 Å². The molecule has 1 heterocycles. The number of para-hydroxylation sites is 1. The molecule has 0 atom stereocenters. The molecular formula is C16H8ClF2NO2. The third kappa shape index (κ3) is 2.19. The highest BCUT2D eigenvalue weighted by molar-refractivity contribution is 6.60. The second-order valence-electron chi connectivity index (χ2n) is 4.59. The van der Waals surface area contributed by atoms with Crippen LogP contribution in [0.1, 0.15) is 5.56 Å². The van der Waals surface area contributed by atoms with Crippen LogP contribution in [0.3, 0.4) is 0 Å². The maximum absolute atomic E-state index is 13.8. The highest BCUT2D eigenvalue weighted by Crippen LogP contribution is 2.35. The number of anilines is 1. The molecule has 0 aliphatic carbocycles. The summed E-state index contributed by atoms with van der Waals surface area (Å²) in [4.78, 5) is 25.3. The van der Waals surface area contributed by atoms with Crippen LogP contribution in [0, 0.1) is 11.6 Å². The molecule has 6 heteroatoms. The Kier molecular flexibility index (Phi) is 3.50. The Hall–Kier alpha value is -2.53. The van der Waals surface area contributed by atoms with E-state index in [1.807, 2.05) is 0 Å². The molecule has 2 aromatic carbocycles. The number of hydrogen-bond acceptors (Lipinski definition) is 2. The van der Waals surface area contributed by atoms with Crippen LogP contribution in [0.5, 0.6) is 0 Å². The van der Waals surface area contributed by atoms with Crippen molar-refractivity contribution < 1.29 is 18.4 Å². The Balaban J connectivity index is 2.08. The van der Waals surface area contributed by atoms with Crippen LogP contribution in [0.25, 0.3) is 5.57 Å². The molecule has 2 aromatic rings. The predicted molar refractivity (Wildman–Crippen MR) is 78.1 cm³/mol. The van der Waals surface area contributed by atoms with Crippen molar-refractivity contribution in [2.75, 3.05) is 4.90 Å². The zero-order valence-corrected chi connectivity index (χ0v) is 11.8. The molecule has 0 aromatic heterocycles. The minimum absolute atomic E-state index is 0.0741. The molecule has 0 N–H and O–H groups in total. The third-order valence-electron chi connectivity index (χ3n) is 3.25. The summed E-state index contributed by atoms with van der Waals surface area (Å²) in [7, 11) is 0. The van der Waals surface area contributed by atoms with E-state index in [1.165, 1.54) is 30.3 Å². The van der Waals surface area contributed by atoms with Crippen molar-refractivity contribution in [2.45, 2.75) is 0 Å². The van der Waals surface area contributed by atoms with Gasteiger partial charge in [-0.25, -0.2) is 13.7 Å². The van der Waals surface area contributed by atoms with Gasteiger partial charge in [0.05, 0.1) is 11.3 Å². The average molecular weight is 320 g/mol. The van der Waals surface area contributed by atoms with Gasteiger partial charge in [0, 0.05) is 0 Å².